The molecule has 0 spiro atoms. The zero-order valence-electron chi connectivity index (χ0n) is 12.1. The summed E-state index contributed by atoms with van der Waals surface area (Å²) in [5, 5.41) is 3.44. The number of nitrogens with one attached hydrogen (secondary N) is 1. The van der Waals surface area contributed by atoms with Gasteiger partial charge in [-0.15, -0.1) is 0 Å². The van der Waals surface area contributed by atoms with Gasteiger partial charge < -0.3 is 15.0 Å². The lowest BCUT2D eigenvalue weighted by Gasteiger charge is -2.22. The van der Waals surface area contributed by atoms with E-state index < -0.39 is 0 Å². The molecule has 4 nitrogen and oxygen atoms in total. The maximum atomic E-state index is 5.50. The standard InChI is InChI=1S/C15H25N3O/c1-13(2)11-16-12-14-10-15(4-5-17-14)18-6-3-8-19-9-7-18/h4-5,10,13,16H,3,6-9,11-12H2,1-2H3. The van der Waals surface area contributed by atoms with Crippen LogP contribution in [0.5, 0.6) is 0 Å². The van der Waals surface area contributed by atoms with Crippen molar-refractivity contribution in [3.05, 3.63) is 24.0 Å². The predicted molar refractivity (Wildman–Crippen MR) is 78.4 cm³/mol. The Balaban J connectivity index is 1.93. The first-order valence-electron chi connectivity index (χ1n) is 7.24. The molecule has 0 bridgehead atoms. The monoisotopic (exact) mass is 263 g/mol. The van der Waals surface area contributed by atoms with Gasteiger partial charge in [0.15, 0.2) is 0 Å². The summed E-state index contributed by atoms with van der Waals surface area (Å²) in [4.78, 5) is 6.82. The predicted octanol–water partition coefficient (Wildman–Crippen LogP) is 2.05. The second kappa shape index (κ2) is 7.46. The second-order valence-electron chi connectivity index (χ2n) is 5.48. The molecule has 0 radical (unpaired) electrons. The molecular formula is C15H25N3O. The van der Waals surface area contributed by atoms with Crippen LogP contribution in [0.15, 0.2) is 18.3 Å². The molecule has 4 heteroatoms. The number of ether oxygens (including phenoxy) is 1. The Morgan fingerprint density at radius 3 is 3.11 bits per heavy atom. The van der Waals surface area contributed by atoms with Crippen molar-refractivity contribution < 1.29 is 4.74 Å². The summed E-state index contributed by atoms with van der Waals surface area (Å²) >= 11 is 0. The Bertz CT molecular complexity index is 373. The Morgan fingerprint density at radius 2 is 2.26 bits per heavy atom. The lowest BCUT2D eigenvalue weighted by atomic mass is 10.2. The van der Waals surface area contributed by atoms with E-state index >= 15 is 0 Å². The number of nitrogens with zero attached hydrogens (tertiary/aromatic N) is 2. The molecule has 1 aromatic heterocycles. The maximum absolute atomic E-state index is 5.50. The molecule has 0 amide bonds. The van der Waals surface area contributed by atoms with Gasteiger partial charge in [-0.3, -0.25) is 4.98 Å². The van der Waals surface area contributed by atoms with Crippen LogP contribution in [-0.4, -0.2) is 37.8 Å². The molecule has 1 aliphatic heterocycles. The van der Waals surface area contributed by atoms with Crippen molar-refractivity contribution in [3.8, 4) is 0 Å². The van der Waals surface area contributed by atoms with Gasteiger partial charge in [0, 0.05) is 38.1 Å². The average molecular weight is 263 g/mol. The fourth-order valence-electron chi connectivity index (χ4n) is 2.25. The average Bonchev–Trinajstić information content (AvgIpc) is 2.67. The van der Waals surface area contributed by atoms with Crippen molar-refractivity contribution in [2.75, 3.05) is 37.7 Å². The van der Waals surface area contributed by atoms with Gasteiger partial charge >= 0.3 is 0 Å². The quantitative estimate of drug-likeness (QED) is 0.882. The maximum Gasteiger partial charge on any atom is 0.0641 e. The zero-order valence-corrected chi connectivity index (χ0v) is 12.1. The van der Waals surface area contributed by atoms with Crippen LogP contribution in [0.1, 0.15) is 26.0 Å². The fourth-order valence-corrected chi connectivity index (χ4v) is 2.25. The van der Waals surface area contributed by atoms with E-state index in [0.29, 0.717) is 5.92 Å². The Morgan fingerprint density at radius 1 is 1.37 bits per heavy atom. The molecule has 1 saturated heterocycles. The number of aromatic nitrogens is 1. The minimum absolute atomic E-state index is 0.672. The molecule has 0 aliphatic carbocycles. The smallest absolute Gasteiger partial charge is 0.0641 e. The van der Waals surface area contributed by atoms with Crippen LogP contribution in [0.25, 0.3) is 0 Å². The molecular weight excluding hydrogens is 238 g/mol. The minimum atomic E-state index is 0.672. The van der Waals surface area contributed by atoms with Crippen LogP contribution in [0, 0.1) is 5.92 Å². The molecule has 106 valence electrons. The number of anilines is 1. The van der Waals surface area contributed by atoms with Crippen molar-refractivity contribution >= 4 is 5.69 Å². The van der Waals surface area contributed by atoms with Crippen LogP contribution in [0.4, 0.5) is 5.69 Å². The third kappa shape index (κ3) is 4.80. The molecule has 0 unspecified atom stereocenters. The van der Waals surface area contributed by atoms with E-state index in [1.807, 2.05) is 6.20 Å². The summed E-state index contributed by atoms with van der Waals surface area (Å²) < 4.78 is 5.50. The van der Waals surface area contributed by atoms with E-state index in [-0.39, 0.29) is 0 Å². The molecule has 0 aromatic carbocycles. The Labute approximate surface area is 116 Å². The van der Waals surface area contributed by atoms with Gasteiger partial charge in [0.25, 0.3) is 0 Å². The summed E-state index contributed by atoms with van der Waals surface area (Å²) in [6.45, 7) is 10.1. The fraction of sp³-hybridized carbons (Fsp3) is 0.667. The highest BCUT2D eigenvalue weighted by molar-refractivity contribution is 5.46. The zero-order chi connectivity index (χ0) is 13.5. The molecule has 1 fully saturated rings. The molecule has 1 N–H and O–H groups in total. The largest absolute Gasteiger partial charge is 0.380 e. The van der Waals surface area contributed by atoms with Crippen molar-refractivity contribution in [1.82, 2.24) is 10.3 Å². The van der Waals surface area contributed by atoms with E-state index in [4.69, 9.17) is 4.74 Å². The number of hydrogen-bond donors (Lipinski definition) is 1. The van der Waals surface area contributed by atoms with Crippen molar-refractivity contribution in [1.29, 1.82) is 0 Å². The molecule has 0 saturated carbocycles. The molecule has 0 atom stereocenters. The van der Waals surface area contributed by atoms with Crippen LogP contribution in [-0.2, 0) is 11.3 Å². The van der Waals surface area contributed by atoms with Gasteiger partial charge in [-0.05, 0) is 31.0 Å². The van der Waals surface area contributed by atoms with Crippen molar-refractivity contribution in [3.63, 3.8) is 0 Å². The van der Waals surface area contributed by atoms with Crippen LogP contribution in [0.3, 0.4) is 0 Å². The summed E-state index contributed by atoms with van der Waals surface area (Å²) in [6, 6.07) is 4.29. The van der Waals surface area contributed by atoms with Gasteiger partial charge in [-0.2, -0.15) is 0 Å². The SMILES string of the molecule is CC(C)CNCc1cc(N2CCCOCC2)ccn1. The van der Waals surface area contributed by atoms with Gasteiger partial charge in [-0.1, -0.05) is 13.8 Å². The minimum Gasteiger partial charge on any atom is -0.380 e. The highest BCUT2D eigenvalue weighted by Gasteiger charge is 2.10. The van der Waals surface area contributed by atoms with E-state index in [2.05, 4.69) is 41.2 Å². The first kappa shape index (κ1) is 14.3. The highest BCUT2D eigenvalue weighted by atomic mass is 16.5. The van der Waals surface area contributed by atoms with Crippen LogP contribution in [0.2, 0.25) is 0 Å². The van der Waals surface area contributed by atoms with Gasteiger partial charge in [0.2, 0.25) is 0 Å². The summed E-state index contributed by atoms with van der Waals surface area (Å²) in [5.74, 6) is 0.672. The Hall–Kier alpha value is -1.13. The summed E-state index contributed by atoms with van der Waals surface area (Å²) in [5.41, 5.74) is 2.38. The molecule has 2 heterocycles. The first-order valence-corrected chi connectivity index (χ1v) is 7.24. The third-order valence-corrected chi connectivity index (χ3v) is 3.25. The molecule has 19 heavy (non-hydrogen) atoms. The molecule has 1 aromatic rings. The van der Waals surface area contributed by atoms with E-state index in [1.54, 1.807) is 0 Å². The lowest BCUT2D eigenvalue weighted by molar-refractivity contribution is 0.152. The second-order valence-corrected chi connectivity index (χ2v) is 5.48. The van der Waals surface area contributed by atoms with Crippen molar-refractivity contribution in [2.24, 2.45) is 5.92 Å². The number of rotatable bonds is 5. The lowest BCUT2D eigenvalue weighted by Crippen LogP contribution is -2.26. The molecule has 2 rings (SSSR count). The number of hydrogen-bond acceptors (Lipinski definition) is 4. The van der Waals surface area contributed by atoms with Gasteiger partial charge in [-0.25, -0.2) is 0 Å². The van der Waals surface area contributed by atoms with Crippen molar-refractivity contribution in [2.45, 2.75) is 26.8 Å². The first-order chi connectivity index (χ1) is 9.25. The third-order valence-electron chi connectivity index (χ3n) is 3.25. The number of pyridine rings is 1. The van der Waals surface area contributed by atoms with Gasteiger partial charge in [0.05, 0.1) is 12.3 Å². The highest BCUT2D eigenvalue weighted by Crippen LogP contribution is 2.16. The summed E-state index contributed by atoms with van der Waals surface area (Å²) in [7, 11) is 0. The normalized spacial score (nSPS) is 16.7. The Kier molecular flexibility index (Phi) is 5.61. The summed E-state index contributed by atoms with van der Waals surface area (Å²) in [6.07, 6.45) is 3.01. The van der Waals surface area contributed by atoms with Crippen LogP contribution >= 0.6 is 0 Å². The van der Waals surface area contributed by atoms with E-state index in [9.17, 15) is 0 Å². The van der Waals surface area contributed by atoms with E-state index in [0.717, 1.165) is 51.5 Å². The van der Waals surface area contributed by atoms with Gasteiger partial charge in [0.1, 0.15) is 0 Å². The van der Waals surface area contributed by atoms with E-state index in [1.165, 1.54) is 5.69 Å². The molecule has 1 aliphatic rings. The van der Waals surface area contributed by atoms with Crippen LogP contribution < -0.4 is 10.2 Å². The topological polar surface area (TPSA) is 37.4 Å².